The molecule has 5 nitrogen and oxygen atoms in total. The molecule has 1 aliphatic heterocycles. The van der Waals surface area contributed by atoms with E-state index in [1.165, 1.54) is 37.9 Å². The summed E-state index contributed by atoms with van der Waals surface area (Å²) in [7, 11) is 3.90. The number of hydrogen-bond acceptors (Lipinski definition) is 3. The fourth-order valence-corrected chi connectivity index (χ4v) is 2.99. The number of methoxy groups -OCH3 is 1. The van der Waals surface area contributed by atoms with Gasteiger partial charge in [0.05, 0.1) is 13.7 Å². The lowest BCUT2D eigenvalue weighted by Gasteiger charge is -2.29. The Morgan fingerprint density at radius 1 is 1.21 bits per heavy atom. The molecule has 1 fully saturated rings. The van der Waals surface area contributed by atoms with E-state index >= 15 is 0 Å². The summed E-state index contributed by atoms with van der Waals surface area (Å²) in [6.45, 7) is 7.10. The summed E-state index contributed by atoms with van der Waals surface area (Å²) < 4.78 is 5.19. The minimum atomic E-state index is 0.674. The summed E-state index contributed by atoms with van der Waals surface area (Å²) in [4.78, 5) is 7.10. The number of nitrogens with zero attached hydrogens (tertiary/aromatic N) is 2. The topological polar surface area (TPSA) is 48.9 Å². The van der Waals surface area contributed by atoms with E-state index in [9.17, 15) is 0 Å². The Bertz CT molecular complexity index is 493. The van der Waals surface area contributed by atoms with Crippen molar-refractivity contribution in [1.82, 2.24) is 15.5 Å². The summed E-state index contributed by atoms with van der Waals surface area (Å²) in [5.41, 5.74) is 1.18. The van der Waals surface area contributed by atoms with Gasteiger partial charge in [0.2, 0.25) is 0 Å². The zero-order valence-corrected chi connectivity index (χ0v) is 15.3. The van der Waals surface area contributed by atoms with E-state index in [1.807, 2.05) is 12.1 Å². The third kappa shape index (κ3) is 6.40. The zero-order valence-electron chi connectivity index (χ0n) is 15.3. The SMILES string of the molecule is CCNC(=NCc1ccc(OC)cc1)NCCC1CCN(C)CC1. The normalized spacial score (nSPS) is 16.9. The minimum absolute atomic E-state index is 0.674. The molecule has 2 N–H and O–H groups in total. The summed E-state index contributed by atoms with van der Waals surface area (Å²) in [5.74, 6) is 2.63. The van der Waals surface area contributed by atoms with Crippen LogP contribution in [0.3, 0.4) is 0 Å². The number of nitrogens with one attached hydrogen (secondary N) is 2. The van der Waals surface area contributed by atoms with Crippen molar-refractivity contribution in [2.24, 2.45) is 10.9 Å². The van der Waals surface area contributed by atoms with Gasteiger partial charge in [0.15, 0.2) is 5.96 Å². The molecule has 2 rings (SSSR count). The van der Waals surface area contributed by atoms with Gasteiger partial charge < -0.3 is 20.3 Å². The lowest BCUT2D eigenvalue weighted by Crippen LogP contribution is -2.39. The number of aliphatic imine (C=N–C) groups is 1. The van der Waals surface area contributed by atoms with Gasteiger partial charge in [0.1, 0.15) is 5.75 Å². The molecule has 1 aromatic rings. The van der Waals surface area contributed by atoms with Gasteiger partial charge in [-0.1, -0.05) is 12.1 Å². The van der Waals surface area contributed by atoms with Crippen LogP contribution < -0.4 is 15.4 Å². The summed E-state index contributed by atoms with van der Waals surface area (Å²) in [6.07, 6.45) is 3.86. The molecular weight excluding hydrogens is 300 g/mol. The molecule has 1 heterocycles. The van der Waals surface area contributed by atoms with Crippen LogP contribution >= 0.6 is 0 Å². The van der Waals surface area contributed by atoms with Crippen LogP contribution in [0.2, 0.25) is 0 Å². The highest BCUT2D eigenvalue weighted by molar-refractivity contribution is 5.79. The van der Waals surface area contributed by atoms with Crippen LogP contribution in [0.25, 0.3) is 0 Å². The Morgan fingerprint density at radius 2 is 1.92 bits per heavy atom. The first kappa shape index (κ1) is 18.6. The second-order valence-electron chi connectivity index (χ2n) is 6.51. The Labute approximate surface area is 146 Å². The first-order valence-corrected chi connectivity index (χ1v) is 9.05. The molecule has 24 heavy (non-hydrogen) atoms. The third-order valence-corrected chi connectivity index (χ3v) is 4.61. The predicted molar refractivity (Wildman–Crippen MR) is 101 cm³/mol. The molecule has 0 aliphatic carbocycles. The van der Waals surface area contributed by atoms with Crippen molar-refractivity contribution in [3.05, 3.63) is 29.8 Å². The average molecular weight is 332 g/mol. The molecule has 0 aromatic heterocycles. The first-order chi connectivity index (χ1) is 11.7. The quantitative estimate of drug-likeness (QED) is 0.595. The third-order valence-electron chi connectivity index (χ3n) is 4.61. The number of piperidine rings is 1. The molecule has 0 bridgehead atoms. The molecule has 0 amide bonds. The second-order valence-corrected chi connectivity index (χ2v) is 6.51. The molecule has 0 atom stereocenters. The van der Waals surface area contributed by atoms with Crippen LogP contribution in [0.5, 0.6) is 5.75 Å². The lowest BCUT2D eigenvalue weighted by atomic mass is 9.94. The Morgan fingerprint density at radius 3 is 2.54 bits per heavy atom. The molecule has 5 heteroatoms. The number of ether oxygens (including phenoxy) is 1. The van der Waals surface area contributed by atoms with Crippen LogP contribution in [0.15, 0.2) is 29.3 Å². The number of likely N-dealkylation sites (tertiary alicyclic amines) is 1. The fraction of sp³-hybridized carbons (Fsp3) is 0.632. The van der Waals surface area contributed by atoms with E-state index in [-0.39, 0.29) is 0 Å². The first-order valence-electron chi connectivity index (χ1n) is 9.05. The molecule has 1 aliphatic rings. The number of guanidine groups is 1. The monoisotopic (exact) mass is 332 g/mol. The number of hydrogen-bond donors (Lipinski definition) is 2. The maximum absolute atomic E-state index is 5.19. The average Bonchev–Trinajstić information content (AvgIpc) is 2.62. The molecule has 1 saturated heterocycles. The second kappa shape index (κ2) is 10.2. The molecule has 1 aromatic carbocycles. The van der Waals surface area contributed by atoms with Crippen molar-refractivity contribution < 1.29 is 4.74 Å². The Balaban J connectivity index is 1.77. The van der Waals surface area contributed by atoms with Gasteiger partial charge in [0, 0.05) is 13.1 Å². The van der Waals surface area contributed by atoms with Gasteiger partial charge in [-0.3, -0.25) is 0 Å². The van der Waals surface area contributed by atoms with Gasteiger partial charge in [-0.15, -0.1) is 0 Å². The lowest BCUT2D eigenvalue weighted by molar-refractivity contribution is 0.213. The van der Waals surface area contributed by atoms with Crippen molar-refractivity contribution in [1.29, 1.82) is 0 Å². The highest BCUT2D eigenvalue weighted by Gasteiger charge is 2.16. The van der Waals surface area contributed by atoms with Crippen molar-refractivity contribution in [3.63, 3.8) is 0 Å². The molecule has 0 saturated carbocycles. The van der Waals surface area contributed by atoms with E-state index in [1.54, 1.807) is 7.11 Å². The zero-order chi connectivity index (χ0) is 17.2. The molecule has 0 spiro atoms. The molecule has 0 radical (unpaired) electrons. The van der Waals surface area contributed by atoms with Gasteiger partial charge in [-0.25, -0.2) is 4.99 Å². The van der Waals surface area contributed by atoms with E-state index in [4.69, 9.17) is 4.74 Å². The van der Waals surface area contributed by atoms with Gasteiger partial charge >= 0.3 is 0 Å². The Kier molecular flexibility index (Phi) is 7.89. The maximum Gasteiger partial charge on any atom is 0.191 e. The number of rotatable bonds is 7. The maximum atomic E-state index is 5.19. The van der Waals surface area contributed by atoms with E-state index in [0.717, 1.165) is 30.7 Å². The van der Waals surface area contributed by atoms with E-state index in [2.05, 4.69) is 46.6 Å². The van der Waals surface area contributed by atoms with Crippen LogP contribution in [-0.2, 0) is 6.54 Å². The standard InChI is InChI=1S/C19H32N4O/c1-4-20-19(21-12-9-16-10-13-23(2)14-11-16)22-15-17-5-7-18(24-3)8-6-17/h5-8,16H,4,9-15H2,1-3H3,(H2,20,21,22). The fourth-order valence-electron chi connectivity index (χ4n) is 2.99. The molecule has 134 valence electrons. The van der Waals surface area contributed by atoms with Crippen LogP contribution in [0, 0.1) is 5.92 Å². The molecule has 0 unspecified atom stereocenters. The largest absolute Gasteiger partial charge is 0.497 e. The van der Waals surface area contributed by atoms with Crippen LogP contribution in [-0.4, -0.2) is 51.2 Å². The van der Waals surface area contributed by atoms with Crippen molar-refractivity contribution in [2.75, 3.05) is 40.3 Å². The highest BCUT2D eigenvalue weighted by Crippen LogP contribution is 2.18. The van der Waals surface area contributed by atoms with E-state index in [0.29, 0.717) is 6.54 Å². The smallest absolute Gasteiger partial charge is 0.191 e. The van der Waals surface area contributed by atoms with Gasteiger partial charge in [-0.05, 0) is 69.9 Å². The summed E-state index contributed by atoms with van der Waals surface area (Å²) >= 11 is 0. The highest BCUT2D eigenvalue weighted by atomic mass is 16.5. The summed E-state index contributed by atoms with van der Waals surface area (Å²) in [6, 6.07) is 8.07. The van der Waals surface area contributed by atoms with E-state index < -0.39 is 0 Å². The van der Waals surface area contributed by atoms with Crippen molar-refractivity contribution >= 4 is 5.96 Å². The van der Waals surface area contributed by atoms with Gasteiger partial charge in [0.25, 0.3) is 0 Å². The number of benzene rings is 1. The van der Waals surface area contributed by atoms with Crippen LogP contribution in [0.4, 0.5) is 0 Å². The summed E-state index contributed by atoms with van der Waals surface area (Å²) in [5, 5.41) is 6.80. The van der Waals surface area contributed by atoms with Crippen LogP contribution in [0.1, 0.15) is 31.7 Å². The molecular formula is C19H32N4O. The predicted octanol–water partition coefficient (Wildman–Crippen LogP) is 2.48. The van der Waals surface area contributed by atoms with Crippen molar-refractivity contribution in [3.8, 4) is 5.75 Å². The van der Waals surface area contributed by atoms with Crippen molar-refractivity contribution in [2.45, 2.75) is 32.7 Å². The minimum Gasteiger partial charge on any atom is -0.497 e. The van der Waals surface area contributed by atoms with Gasteiger partial charge in [-0.2, -0.15) is 0 Å². The Hall–Kier alpha value is -1.75.